The second-order valence-electron chi connectivity index (χ2n) is 4.92. The second kappa shape index (κ2) is 8.54. The van der Waals surface area contributed by atoms with E-state index in [1.165, 1.54) is 57.2 Å². The molecule has 98 valence electrons. The molecule has 2 N–H and O–H groups in total. The Kier molecular flexibility index (Phi) is 7.29. The van der Waals surface area contributed by atoms with Gasteiger partial charge in [0.25, 0.3) is 0 Å². The molecule has 3 nitrogen and oxygen atoms in total. The number of hydrogen-bond acceptors (Lipinski definition) is 2. The first-order valence-corrected chi connectivity index (χ1v) is 6.64. The summed E-state index contributed by atoms with van der Waals surface area (Å²) in [6.45, 7) is 2.09. The third-order valence-electron chi connectivity index (χ3n) is 3.53. The number of aromatic amines is 1. The Morgan fingerprint density at radius 3 is 2.53 bits per heavy atom. The Hall–Kier alpha value is -0.540. The van der Waals surface area contributed by atoms with Crippen LogP contribution in [0.3, 0.4) is 0 Å². The molecule has 1 saturated carbocycles. The van der Waals surface area contributed by atoms with Gasteiger partial charge in [0.1, 0.15) is 0 Å². The van der Waals surface area contributed by atoms with Crippen LogP contribution in [0.4, 0.5) is 0 Å². The highest BCUT2D eigenvalue weighted by atomic mass is 35.5. The van der Waals surface area contributed by atoms with Crippen molar-refractivity contribution >= 4 is 12.4 Å². The van der Waals surface area contributed by atoms with E-state index in [4.69, 9.17) is 0 Å². The van der Waals surface area contributed by atoms with E-state index in [-0.39, 0.29) is 12.4 Å². The number of H-pyrrole nitrogens is 1. The van der Waals surface area contributed by atoms with Crippen LogP contribution in [0.1, 0.15) is 50.6 Å². The first-order valence-electron chi connectivity index (χ1n) is 6.64. The molecule has 0 bridgehead atoms. The Bertz CT molecular complexity index is 266. The van der Waals surface area contributed by atoms with Crippen LogP contribution in [0, 0.1) is 5.92 Å². The van der Waals surface area contributed by atoms with Gasteiger partial charge in [-0.25, -0.2) is 0 Å². The molecule has 1 aromatic heterocycles. The average Bonchev–Trinajstić information content (AvgIpc) is 2.73. The normalized spacial score (nSPS) is 18.1. The monoisotopic (exact) mass is 257 g/mol. The van der Waals surface area contributed by atoms with Crippen molar-refractivity contribution < 1.29 is 0 Å². The lowest BCUT2D eigenvalue weighted by atomic mass is 9.91. The molecule has 1 aliphatic rings. The van der Waals surface area contributed by atoms with Gasteiger partial charge in [0.05, 0.1) is 0 Å². The van der Waals surface area contributed by atoms with Crippen molar-refractivity contribution in [2.24, 2.45) is 5.92 Å². The topological polar surface area (TPSA) is 40.7 Å². The molecule has 4 heteroatoms. The van der Waals surface area contributed by atoms with Crippen molar-refractivity contribution in [3.05, 3.63) is 18.0 Å². The summed E-state index contributed by atoms with van der Waals surface area (Å²) in [6, 6.07) is 2.03. The van der Waals surface area contributed by atoms with Gasteiger partial charge in [-0.2, -0.15) is 5.10 Å². The highest BCUT2D eigenvalue weighted by Crippen LogP contribution is 2.21. The maximum atomic E-state index is 3.95. The predicted molar refractivity (Wildman–Crippen MR) is 73.4 cm³/mol. The Morgan fingerprint density at radius 2 is 1.88 bits per heavy atom. The molecule has 1 aromatic rings. The zero-order chi connectivity index (χ0) is 11.1. The quantitative estimate of drug-likeness (QED) is 0.869. The fourth-order valence-corrected chi connectivity index (χ4v) is 2.54. The minimum Gasteiger partial charge on any atom is -0.311 e. The van der Waals surface area contributed by atoms with Gasteiger partial charge in [0, 0.05) is 18.4 Å². The van der Waals surface area contributed by atoms with E-state index in [2.05, 4.69) is 15.5 Å². The van der Waals surface area contributed by atoms with Gasteiger partial charge in [-0.15, -0.1) is 12.4 Å². The SMILES string of the molecule is Cl.c1cc(CNCC2CCCCCCC2)[nH]n1. The van der Waals surface area contributed by atoms with E-state index >= 15 is 0 Å². The number of aromatic nitrogens is 2. The molecule has 0 saturated heterocycles. The summed E-state index contributed by atoms with van der Waals surface area (Å²) in [7, 11) is 0. The first kappa shape index (κ1) is 14.5. The van der Waals surface area contributed by atoms with Gasteiger partial charge >= 0.3 is 0 Å². The van der Waals surface area contributed by atoms with Gasteiger partial charge in [0.2, 0.25) is 0 Å². The fourth-order valence-electron chi connectivity index (χ4n) is 2.54. The number of nitrogens with one attached hydrogen (secondary N) is 2. The van der Waals surface area contributed by atoms with Crippen molar-refractivity contribution in [2.75, 3.05) is 6.54 Å². The van der Waals surface area contributed by atoms with Crippen molar-refractivity contribution in [1.29, 1.82) is 0 Å². The number of halogens is 1. The molecular weight excluding hydrogens is 234 g/mol. The Labute approximate surface area is 110 Å². The maximum Gasteiger partial charge on any atom is 0.0490 e. The third kappa shape index (κ3) is 5.55. The lowest BCUT2D eigenvalue weighted by Gasteiger charge is -2.19. The summed E-state index contributed by atoms with van der Waals surface area (Å²) in [6.07, 6.45) is 11.8. The Morgan fingerprint density at radius 1 is 1.18 bits per heavy atom. The molecule has 0 radical (unpaired) electrons. The van der Waals surface area contributed by atoms with E-state index in [1.807, 2.05) is 12.3 Å². The van der Waals surface area contributed by atoms with Crippen LogP contribution in [-0.4, -0.2) is 16.7 Å². The summed E-state index contributed by atoms with van der Waals surface area (Å²) >= 11 is 0. The van der Waals surface area contributed by atoms with Crippen molar-refractivity contribution in [2.45, 2.75) is 51.5 Å². The predicted octanol–water partition coefficient (Wildman–Crippen LogP) is 3.28. The van der Waals surface area contributed by atoms with E-state index < -0.39 is 0 Å². The van der Waals surface area contributed by atoms with Gasteiger partial charge < -0.3 is 5.32 Å². The molecular formula is C13H24ClN3. The highest BCUT2D eigenvalue weighted by Gasteiger charge is 2.10. The van der Waals surface area contributed by atoms with Crippen LogP contribution in [0.2, 0.25) is 0 Å². The van der Waals surface area contributed by atoms with Crippen LogP contribution in [0.15, 0.2) is 12.3 Å². The van der Waals surface area contributed by atoms with Gasteiger partial charge in [-0.1, -0.05) is 32.1 Å². The second-order valence-corrected chi connectivity index (χ2v) is 4.92. The molecule has 1 heterocycles. The largest absolute Gasteiger partial charge is 0.311 e. The molecule has 2 rings (SSSR count). The zero-order valence-corrected chi connectivity index (χ0v) is 11.3. The van der Waals surface area contributed by atoms with Crippen LogP contribution < -0.4 is 5.32 Å². The third-order valence-corrected chi connectivity index (χ3v) is 3.53. The smallest absolute Gasteiger partial charge is 0.0490 e. The minimum atomic E-state index is 0. The summed E-state index contributed by atoms with van der Waals surface area (Å²) in [4.78, 5) is 0. The molecule has 0 atom stereocenters. The van der Waals surface area contributed by atoms with Gasteiger partial charge in [-0.3, -0.25) is 5.10 Å². The molecule has 0 aliphatic heterocycles. The number of rotatable bonds is 4. The van der Waals surface area contributed by atoms with Crippen molar-refractivity contribution in [1.82, 2.24) is 15.5 Å². The van der Waals surface area contributed by atoms with Gasteiger partial charge in [0.15, 0.2) is 0 Å². The van der Waals surface area contributed by atoms with E-state index in [1.54, 1.807) is 0 Å². The molecule has 1 fully saturated rings. The summed E-state index contributed by atoms with van der Waals surface area (Å²) in [5, 5.41) is 10.5. The lowest BCUT2D eigenvalue weighted by Crippen LogP contribution is -2.23. The van der Waals surface area contributed by atoms with Crippen LogP contribution in [0.5, 0.6) is 0 Å². The van der Waals surface area contributed by atoms with E-state index in [0.717, 1.165) is 12.5 Å². The van der Waals surface area contributed by atoms with Crippen molar-refractivity contribution in [3.63, 3.8) is 0 Å². The average molecular weight is 258 g/mol. The Balaban J connectivity index is 0.00000144. The maximum absolute atomic E-state index is 3.95. The number of nitrogens with zero attached hydrogens (tertiary/aromatic N) is 1. The minimum absolute atomic E-state index is 0. The molecule has 0 aromatic carbocycles. The first-order chi connectivity index (χ1) is 7.95. The molecule has 17 heavy (non-hydrogen) atoms. The highest BCUT2D eigenvalue weighted by molar-refractivity contribution is 5.85. The summed E-state index contributed by atoms with van der Waals surface area (Å²) in [5.41, 5.74) is 1.19. The van der Waals surface area contributed by atoms with E-state index in [0.29, 0.717) is 0 Å². The standard InChI is InChI=1S/C13H23N3.ClH/c1-2-4-6-12(7-5-3-1)10-14-11-13-8-9-15-16-13;/h8-9,12,14H,1-7,10-11H2,(H,15,16);1H. The molecule has 0 amide bonds. The van der Waals surface area contributed by atoms with Crippen LogP contribution in [0.25, 0.3) is 0 Å². The van der Waals surface area contributed by atoms with Crippen LogP contribution >= 0.6 is 12.4 Å². The number of hydrogen-bond donors (Lipinski definition) is 2. The fraction of sp³-hybridized carbons (Fsp3) is 0.769. The summed E-state index contributed by atoms with van der Waals surface area (Å²) < 4.78 is 0. The van der Waals surface area contributed by atoms with Crippen LogP contribution in [-0.2, 0) is 6.54 Å². The zero-order valence-electron chi connectivity index (χ0n) is 10.5. The lowest BCUT2D eigenvalue weighted by molar-refractivity contribution is 0.360. The van der Waals surface area contributed by atoms with Crippen molar-refractivity contribution in [3.8, 4) is 0 Å². The molecule has 0 unspecified atom stereocenters. The van der Waals surface area contributed by atoms with E-state index in [9.17, 15) is 0 Å². The molecule has 0 spiro atoms. The molecule has 1 aliphatic carbocycles. The van der Waals surface area contributed by atoms with Gasteiger partial charge in [-0.05, 0) is 31.4 Å². The summed E-state index contributed by atoms with van der Waals surface area (Å²) in [5.74, 6) is 0.892.